The van der Waals surface area contributed by atoms with Crippen molar-refractivity contribution >= 4 is 27.1 Å². The quantitative estimate of drug-likeness (QED) is 0.613. The molecule has 5 nitrogen and oxygen atoms in total. The maximum absolute atomic E-state index is 13.2. The second-order valence-corrected chi connectivity index (χ2v) is 10.1. The minimum absolute atomic E-state index is 0.0387. The second-order valence-electron chi connectivity index (χ2n) is 6.86. The first-order valence-corrected chi connectivity index (χ1v) is 12.0. The number of benzene rings is 2. The normalized spacial score (nSPS) is 18.8. The molecular formula is C22H21NO4S2. The highest BCUT2D eigenvalue weighted by atomic mass is 32.2. The van der Waals surface area contributed by atoms with Crippen LogP contribution in [0.1, 0.15) is 26.9 Å². The Balaban J connectivity index is 1.56. The number of ether oxygens (including phenoxy) is 1. The van der Waals surface area contributed by atoms with Gasteiger partial charge in [-0.05, 0) is 42.1 Å². The summed E-state index contributed by atoms with van der Waals surface area (Å²) >= 11 is 1.45. The van der Waals surface area contributed by atoms with Crippen LogP contribution in [0.2, 0.25) is 0 Å². The summed E-state index contributed by atoms with van der Waals surface area (Å²) in [5.74, 6) is 0.858. The lowest BCUT2D eigenvalue weighted by Gasteiger charge is -2.21. The molecule has 0 spiro atoms. The van der Waals surface area contributed by atoms with Crippen LogP contribution in [0.5, 0.6) is 11.5 Å². The molecule has 3 aromatic rings. The van der Waals surface area contributed by atoms with E-state index in [1.807, 2.05) is 53.9 Å². The molecule has 1 saturated heterocycles. The van der Waals surface area contributed by atoms with E-state index >= 15 is 0 Å². The van der Waals surface area contributed by atoms with E-state index in [0.717, 1.165) is 4.88 Å². The molecule has 0 saturated carbocycles. The molecule has 1 amide bonds. The second kappa shape index (κ2) is 8.39. The summed E-state index contributed by atoms with van der Waals surface area (Å²) in [6.45, 7) is 0.572. The van der Waals surface area contributed by atoms with Gasteiger partial charge in [-0.25, -0.2) is 8.42 Å². The summed E-state index contributed by atoms with van der Waals surface area (Å²) in [6, 6.07) is 20.1. The fourth-order valence-electron chi connectivity index (χ4n) is 3.46. The van der Waals surface area contributed by atoms with Crippen LogP contribution < -0.4 is 4.74 Å². The van der Waals surface area contributed by atoms with Crippen LogP contribution in [-0.4, -0.2) is 38.1 Å². The van der Waals surface area contributed by atoms with E-state index in [4.69, 9.17) is 4.74 Å². The van der Waals surface area contributed by atoms with Gasteiger partial charge in [0.25, 0.3) is 5.91 Å². The van der Waals surface area contributed by atoms with Crippen molar-refractivity contribution < 1.29 is 17.9 Å². The SMILES string of the molecule is O=C(c1ccccc1Oc1ccccc1)N1CCC(c2cccs2)S(=O)(=O)CC1. The van der Waals surface area contributed by atoms with E-state index in [1.54, 1.807) is 23.1 Å². The molecule has 1 unspecified atom stereocenters. The van der Waals surface area contributed by atoms with Crippen molar-refractivity contribution in [3.05, 3.63) is 82.6 Å². The Labute approximate surface area is 174 Å². The molecule has 0 N–H and O–H groups in total. The standard InChI is InChI=1S/C22H21NO4S2/c24-22(18-9-4-5-10-19(18)27-17-7-2-1-3-8-17)23-13-12-21(20-11-6-15-28-20)29(25,26)16-14-23/h1-11,15,21H,12-14,16H2. The van der Waals surface area contributed by atoms with Crippen LogP contribution in [0.3, 0.4) is 0 Å². The maximum Gasteiger partial charge on any atom is 0.257 e. The molecule has 150 valence electrons. The van der Waals surface area contributed by atoms with Gasteiger partial charge in [-0.15, -0.1) is 11.3 Å². The molecule has 0 bridgehead atoms. The largest absolute Gasteiger partial charge is 0.457 e. The van der Waals surface area contributed by atoms with Gasteiger partial charge in [0.15, 0.2) is 9.84 Å². The lowest BCUT2D eigenvalue weighted by atomic mass is 10.1. The molecule has 1 atom stereocenters. The average Bonchev–Trinajstić information content (AvgIpc) is 3.20. The van der Waals surface area contributed by atoms with E-state index < -0.39 is 15.1 Å². The van der Waals surface area contributed by atoms with Crippen molar-refractivity contribution in [2.45, 2.75) is 11.7 Å². The fourth-order valence-corrected chi connectivity index (χ4v) is 6.46. The Hall–Kier alpha value is -2.64. The number of hydrogen-bond donors (Lipinski definition) is 0. The highest BCUT2D eigenvalue weighted by molar-refractivity contribution is 7.91. The Morgan fingerprint density at radius 2 is 1.72 bits per heavy atom. The Morgan fingerprint density at radius 3 is 2.48 bits per heavy atom. The summed E-state index contributed by atoms with van der Waals surface area (Å²) in [6.07, 6.45) is 0.399. The number of rotatable bonds is 4. The van der Waals surface area contributed by atoms with Crippen molar-refractivity contribution in [2.75, 3.05) is 18.8 Å². The molecule has 1 aromatic heterocycles. The zero-order chi connectivity index (χ0) is 20.3. The van der Waals surface area contributed by atoms with Gasteiger partial charge in [0, 0.05) is 18.0 Å². The Bertz CT molecular complexity index is 1080. The third-order valence-electron chi connectivity index (χ3n) is 4.98. The van der Waals surface area contributed by atoms with E-state index in [9.17, 15) is 13.2 Å². The van der Waals surface area contributed by atoms with Crippen molar-refractivity contribution in [3.63, 3.8) is 0 Å². The summed E-state index contributed by atoms with van der Waals surface area (Å²) in [4.78, 5) is 15.7. The zero-order valence-electron chi connectivity index (χ0n) is 15.7. The van der Waals surface area contributed by atoms with Crippen molar-refractivity contribution in [3.8, 4) is 11.5 Å². The molecule has 1 aliphatic heterocycles. The predicted octanol–water partition coefficient (Wildman–Crippen LogP) is 4.54. The molecule has 4 rings (SSSR count). The number of thiophene rings is 1. The van der Waals surface area contributed by atoms with Crippen LogP contribution in [0.25, 0.3) is 0 Å². The van der Waals surface area contributed by atoms with Crippen LogP contribution in [0.4, 0.5) is 0 Å². The summed E-state index contributed by atoms with van der Waals surface area (Å²) in [5, 5.41) is 1.34. The maximum atomic E-state index is 13.2. The van der Waals surface area contributed by atoms with E-state index in [0.29, 0.717) is 30.0 Å². The minimum Gasteiger partial charge on any atom is -0.457 e. The van der Waals surface area contributed by atoms with E-state index in [-0.39, 0.29) is 18.2 Å². The highest BCUT2D eigenvalue weighted by Crippen LogP contribution is 2.33. The molecule has 1 aliphatic rings. The number of sulfone groups is 1. The van der Waals surface area contributed by atoms with Gasteiger partial charge >= 0.3 is 0 Å². The number of carbonyl (C=O) groups excluding carboxylic acids is 1. The first-order valence-electron chi connectivity index (χ1n) is 9.41. The number of carbonyl (C=O) groups is 1. The highest BCUT2D eigenvalue weighted by Gasteiger charge is 2.34. The molecular weight excluding hydrogens is 406 g/mol. The number of amides is 1. The predicted molar refractivity (Wildman–Crippen MR) is 114 cm³/mol. The van der Waals surface area contributed by atoms with Gasteiger partial charge in [0.05, 0.1) is 16.6 Å². The fraction of sp³-hybridized carbons (Fsp3) is 0.227. The van der Waals surface area contributed by atoms with Gasteiger partial charge in [-0.1, -0.05) is 36.4 Å². The van der Waals surface area contributed by atoms with Crippen LogP contribution in [0, 0.1) is 0 Å². The topological polar surface area (TPSA) is 63.7 Å². The molecule has 0 radical (unpaired) electrons. The lowest BCUT2D eigenvalue weighted by molar-refractivity contribution is 0.0764. The first-order chi connectivity index (χ1) is 14.0. The lowest BCUT2D eigenvalue weighted by Crippen LogP contribution is -2.33. The smallest absolute Gasteiger partial charge is 0.257 e. The number of hydrogen-bond acceptors (Lipinski definition) is 5. The zero-order valence-corrected chi connectivity index (χ0v) is 17.4. The average molecular weight is 428 g/mol. The van der Waals surface area contributed by atoms with Gasteiger partial charge in [0.2, 0.25) is 0 Å². The first kappa shape index (κ1) is 19.7. The van der Waals surface area contributed by atoms with Crippen LogP contribution >= 0.6 is 11.3 Å². The Kier molecular flexibility index (Phi) is 5.69. The van der Waals surface area contributed by atoms with Gasteiger partial charge in [-0.3, -0.25) is 4.79 Å². The molecule has 2 aromatic carbocycles. The Morgan fingerprint density at radius 1 is 0.966 bits per heavy atom. The molecule has 29 heavy (non-hydrogen) atoms. The molecule has 2 heterocycles. The third kappa shape index (κ3) is 4.36. The molecule has 0 aliphatic carbocycles. The van der Waals surface area contributed by atoms with Gasteiger partial charge in [0.1, 0.15) is 11.5 Å². The summed E-state index contributed by atoms with van der Waals surface area (Å²) in [7, 11) is -3.30. The van der Waals surface area contributed by atoms with E-state index in [2.05, 4.69) is 0 Å². The number of nitrogens with zero attached hydrogens (tertiary/aromatic N) is 1. The third-order valence-corrected chi connectivity index (χ3v) is 8.22. The molecule has 7 heteroatoms. The summed E-state index contributed by atoms with van der Waals surface area (Å²) in [5.41, 5.74) is 0.434. The molecule has 1 fully saturated rings. The van der Waals surface area contributed by atoms with Crippen LogP contribution in [-0.2, 0) is 9.84 Å². The van der Waals surface area contributed by atoms with Crippen molar-refractivity contribution in [1.82, 2.24) is 4.90 Å². The monoisotopic (exact) mass is 427 g/mol. The van der Waals surface area contributed by atoms with Crippen molar-refractivity contribution in [1.29, 1.82) is 0 Å². The van der Waals surface area contributed by atoms with Crippen LogP contribution in [0.15, 0.2) is 72.1 Å². The van der Waals surface area contributed by atoms with Gasteiger partial charge < -0.3 is 9.64 Å². The minimum atomic E-state index is -3.30. The van der Waals surface area contributed by atoms with E-state index in [1.165, 1.54) is 11.3 Å². The van der Waals surface area contributed by atoms with Gasteiger partial charge in [-0.2, -0.15) is 0 Å². The van der Waals surface area contributed by atoms with Crippen molar-refractivity contribution in [2.24, 2.45) is 0 Å². The summed E-state index contributed by atoms with van der Waals surface area (Å²) < 4.78 is 31.4. The number of para-hydroxylation sites is 2.